The fourth-order valence-corrected chi connectivity index (χ4v) is 3.41. The predicted octanol–water partition coefficient (Wildman–Crippen LogP) is 2.99. The molecule has 0 aliphatic heterocycles. The number of alkyl halides is 3. The third kappa shape index (κ3) is 5.34. The standard InChI is InChI=1S/C13H19F3O2Si/c1-3-9-17-19(18-10-4-2)12-7-5-11(6-8-12)13(14,15)16/h5-8,19H,3-4,9-10H2,1-2H3. The van der Waals surface area contributed by atoms with Crippen LogP contribution in [0.3, 0.4) is 0 Å². The molecule has 19 heavy (non-hydrogen) atoms. The predicted molar refractivity (Wildman–Crippen MR) is 70.7 cm³/mol. The molecule has 1 rings (SSSR count). The van der Waals surface area contributed by atoms with E-state index in [9.17, 15) is 13.2 Å². The van der Waals surface area contributed by atoms with Gasteiger partial charge in [0.1, 0.15) is 0 Å². The molecular formula is C13H19F3O2Si. The Bertz CT molecular complexity index is 357. The summed E-state index contributed by atoms with van der Waals surface area (Å²) in [6.45, 7) is 5.11. The van der Waals surface area contributed by atoms with Crippen molar-refractivity contribution < 1.29 is 22.0 Å². The maximum absolute atomic E-state index is 12.5. The van der Waals surface area contributed by atoms with Crippen molar-refractivity contribution in [1.29, 1.82) is 0 Å². The molecule has 0 unspecified atom stereocenters. The Kier molecular flexibility index (Phi) is 6.54. The normalized spacial score (nSPS) is 12.1. The second-order valence-corrected chi connectivity index (χ2v) is 6.19. The summed E-state index contributed by atoms with van der Waals surface area (Å²) in [5, 5.41) is 0.745. The summed E-state index contributed by atoms with van der Waals surface area (Å²) < 4.78 is 48.7. The van der Waals surface area contributed by atoms with E-state index in [2.05, 4.69) is 0 Å². The van der Waals surface area contributed by atoms with E-state index < -0.39 is 21.0 Å². The van der Waals surface area contributed by atoms with Gasteiger partial charge in [0, 0.05) is 13.2 Å². The number of hydrogen-bond acceptors (Lipinski definition) is 2. The summed E-state index contributed by atoms with van der Waals surface area (Å²) >= 11 is 0. The van der Waals surface area contributed by atoms with Gasteiger partial charge in [-0.05, 0) is 30.2 Å². The molecule has 108 valence electrons. The zero-order valence-corrected chi connectivity index (χ0v) is 12.3. The maximum atomic E-state index is 12.5. The fraction of sp³-hybridized carbons (Fsp3) is 0.538. The summed E-state index contributed by atoms with van der Waals surface area (Å²) in [6, 6.07) is 5.09. The van der Waals surface area contributed by atoms with Crippen molar-refractivity contribution in [2.75, 3.05) is 13.2 Å². The first-order valence-corrected chi connectivity index (χ1v) is 7.91. The van der Waals surface area contributed by atoms with E-state index in [0.717, 1.165) is 30.2 Å². The van der Waals surface area contributed by atoms with E-state index in [1.54, 1.807) is 0 Å². The minimum atomic E-state index is -4.30. The highest BCUT2D eigenvalue weighted by atomic mass is 28.3. The number of hydrogen-bond donors (Lipinski definition) is 0. The average molecular weight is 292 g/mol. The van der Waals surface area contributed by atoms with E-state index in [-0.39, 0.29) is 0 Å². The first-order valence-electron chi connectivity index (χ1n) is 6.39. The van der Waals surface area contributed by atoms with Crippen LogP contribution in [0.4, 0.5) is 13.2 Å². The maximum Gasteiger partial charge on any atom is 0.416 e. The van der Waals surface area contributed by atoms with Crippen molar-refractivity contribution in [2.45, 2.75) is 32.9 Å². The van der Waals surface area contributed by atoms with Crippen LogP contribution in [0.25, 0.3) is 0 Å². The molecule has 0 fully saturated rings. The molecule has 0 saturated carbocycles. The Morgan fingerprint density at radius 2 is 1.42 bits per heavy atom. The number of benzene rings is 1. The van der Waals surface area contributed by atoms with Crippen LogP contribution in [0, 0.1) is 0 Å². The van der Waals surface area contributed by atoms with Crippen molar-refractivity contribution in [3.05, 3.63) is 29.8 Å². The van der Waals surface area contributed by atoms with Gasteiger partial charge in [-0.3, -0.25) is 0 Å². The lowest BCUT2D eigenvalue weighted by Gasteiger charge is -2.17. The molecule has 0 amide bonds. The zero-order valence-electron chi connectivity index (χ0n) is 11.2. The summed E-state index contributed by atoms with van der Waals surface area (Å²) in [4.78, 5) is 0. The quantitative estimate of drug-likeness (QED) is 0.719. The first kappa shape index (κ1) is 16.2. The molecular weight excluding hydrogens is 273 g/mol. The highest BCUT2D eigenvalue weighted by molar-refractivity contribution is 6.61. The molecule has 0 saturated heterocycles. The van der Waals surface area contributed by atoms with E-state index >= 15 is 0 Å². The molecule has 0 bridgehead atoms. The minimum Gasteiger partial charge on any atom is -0.393 e. The molecule has 0 aliphatic carbocycles. The molecule has 0 aromatic heterocycles. The molecule has 0 aliphatic rings. The van der Waals surface area contributed by atoms with Gasteiger partial charge in [-0.15, -0.1) is 0 Å². The smallest absolute Gasteiger partial charge is 0.393 e. The van der Waals surface area contributed by atoms with Gasteiger partial charge in [0.15, 0.2) is 0 Å². The number of halogens is 3. The summed E-state index contributed by atoms with van der Waals surface area (Å²) in [5.41, 5.74) is -0.644. The topological polar surface area (TPSA) is 18.5 Å². The molecule has 0 spiro atoms. The van der Waals surface area contributed by atoms with Crippen LogP contribution >= 0.6 is 0 Å². The average Bonchev–Trinajstić information content (AvgIpc) is 2.38. The molecule has 0 N–H and O–H groups in total. The lowest BCUT2D eigenvalue weighted by molar-refractivity contribution is -0.137. The third-order valence-electron chi connectivity index (χ3n) is 2.46. The summed E-state index contributed by atoms with van der Waals surface area (Å²) in [5.74, 6) is 0. The van der Waals surface area contributed by atoms with Crippen molar-refractivity contribution in [3.63, 3.8) is 0 Å². The molecule has 1 aromatic rings. The van der Waals surface area contributed by atoms with Gasteiger partial charge >= 0.3 is 15.5 Å². The molecule has 2 nitrogen and oxygen atoms in total. The van der Waals surface area contributed by atoms with Crippen LogP contribution in [-0.4, -0.2) is 22.5 Å². The Hall–Kier alpha value is -0.853. The minimum absolute atomic E-state index is 0.571. The lowest BCUT2D eigenvalue weighted by atomic mass is 10.2. The van der Waals surface area contributed by atoms with E-state index in [1.807, 2.05) is 13.8 Å². The SMILES string of the molecule is CCCO[SiH](OCCC)c1ccc(C(F)(F)F)cc1. The Labute approximate surface area is 113 Å². The van der Waals surface area contributed by atoms with Gasteiger partial charge in [0.2, 0.25) is 0 Å². The Balaban J connectivity index is 2.78. The van der Waals surface area contributed by atoms with E-state index in [1.165, 1.54) is 12.1 Å². The van der Waals surface area contributed by atoms with Crippen molar-refractivity contribution in [3.8, 4) is 0 Å². The van der Waals surface area contributed by atoms with Gasteiger partial charge in [0.25, 0.3) is 0 Å². The summed E-state index contributed by atoms with van der Waals surface area (Å²) in [7, 11) is -2.07. The molecule has 0 heterocycles. The second-order valence-electron chi connectivity index (χ2n) is 4.19. The fourth-order valence-electron chi connectivity index (χ4n) is 1.52. The highest BCUT2D eigenvalue weighted by Crippen LogP contribution is 2.28. The molecule has 6 heteroatoms. The Morgan fingerprint density at radius 3 is 1.79 bits per heavy atom. The zero-order chi connectivity index (χ0) is 14.3. The van der Waals surface area contributed by atoms with Crippen LogP contribution in [0.15, 0.2) is 24.3 Å². The summed E-state index contributed by atoms with van der Waals surface area (Å²) in [6.07, 6.45) is -2.58. The van der Waals surface area contributed by atoms with Crippen LogP contribution in [-0.2, 0) is 15.0 Å². The van der Waals surface area contributed by atoms with Crippen molar-refractivity contribution in [2.24, 2.45) is 0 Å². The third-order valence-corrected chi connectivity index (χ3v) is 4.46. The van der Waals surface area contributed by atoms with Crippen LogP contribution in [0.2, 0.25) is 0 Å². The van der Waals surface area contributed by atoms with Gasteiger partial charge < -0.3 is 8.85 Å². The van der Waals surface area contributed by atoms with Crippen LogP contribution < -0.4 is 5.19 Å². The monoisotopic (exact) mass is 292 g/mol. The van der Waals surface area contributed by atoms with Crippen LogP contribution in [0.5, 0.6) is 0 Å². The van der Waals surface area contributed by atoms with Gasteiger partial charge in [-0.25, -0.2) is 0 Å². The van der Waals surface area contributed by atoms with E-state index in [4.69, 9.17) is 8.85 Å². The van der Waals surface area contributed by atoms with Crippen LogP contribution in [0.1, 0.15) is 32.3 Å². The van der Waals surface area contributed by atoms with Crippen molar-refractivity contribution in [1.82, 2.24) is 0 Å². The molecule has 1 aromatic carbocycles. The molecule has 0 atom stereocenters. The van der Waals surface area contributed by atoms with Crippen molar-refractivity contribution >= 4 is 14.5 Å². The van der Waals surface area contributed by atoms with E-state index in [0.29, 0.717) is 13.2 Å². The Morgan fingerprint density at radius 1 is 0.947 bits per heavy atom. The second kappa shape index (κ2) is 7.67. The highest BCUT2D eigenvalue weighted by Gasteiger charge is 2.30. The largest absolute Gasteiger partial charge is 0.416 e. The van der Waals surface area contributed by atoms with Gasteiger partial charge in [-0.1, -0.05) is 26.0 Å². The lowest BCUT2D eigenvalue weighted by Crippen LogP contribution is -2.37. The number of rotatable bonds is 7. The van der Waals surface area contributed by atoms with Gasteiger partial charge in [-0.2, -0.15) is 13.2 Å². The molecule has 0 radical (unpaired) electrons. The first-order chi connectivity index (χ1) is 8.99. The van der Waals surface area contributed by atoms with Gasteiger partial charge in [0.05, 0.1) is 5.56 Å².